The number of rotatable bonds is 4. The van der Waals surface area contributed by atoms with Crippen molar-refractivity contribution in [3.05, 3.63) is 34.6 Å². The van der Waals surface area contributed by atoms with Crippen molar-refractivity contribution in [3.8, 4) is 0 Å². The Hall–Kier alpha value is -1.35. The highest BCUT2D eigenvalue weighted by molar-refractivity contribution is 5.37. The number of hydrogen-bond acceptors (Lipinski definition) is 2. The van der Waals surface area contributed by atoms with Crippen LogP contribution in [0.3, 0.4) is 0 Å². The van der Waals surface area contributed by atoms with Gasteiger partial charge in [0, 0.05) is 18.7 Å². The molecule has 1 aromatic carbocycles. The van der Waals surface area contributed by atoms with Crippen LogP contribution in [0.2, 0.25) is 0 Å². The summed E-state index contributed by atoms with van der Waals surface area (Å²) >= 11 is 0. The van der Waals surface area contributed by atoms with Crippen molar-refractivity contribution in [1.82, 2.24) is 4.90 Å². The second-order valence-electron chi connectivity index (χ2n) is 5.54. The molecule has 0 aliphatic carbocycles. The number of benzene rings is 1. The van der Waals surface area contributed by atoms with E-state index in [-0.39, 0.29) is 25.0 Å². The van der Waals surface area contributed by atoms with Crippen molar-refractivity contribution >= 4 is 0 Å². The molecule has 1 fully saturated rings. The Morgan fingerprint density at radius 3 is 2.12 bits per heavy atom. The summed E-state index contributed by atoms with van der Waals surface area (Å²) in [6.07, 6.45) is -10.1. The lowest BCUT2D eigenvalue weighted by atomic mass is 9.98. The highest BCUT2D eigenvalue weighted by Gasteiger charge is 2.39. The molecule has 0 unspecified atom stereocenters. The minimum atomic E-state index is -5.05. The molecule has 1 saturated heterocycles. The third kappa shape index (κ3) is 4.83. The molecule has 0 aromatic heterocycles. The van der Waals surface area contributed by atoms with E-state index in [1.54, 1.807) is 0 Å². The molecule has 24 heavy (non-hydrogen) atoms. The van der Waals surface area contributed by atoms with E-state index >= 15 is 0 Å². The summed E-state index contributed by atoms with van der Waals surface area (Å²) in [5, 5.41) is 0. The number of hydrogen-bond donors (Lipinski definition) is 0. The van der Waals surface area contributed by atoms with E-state index in [4.69, 9.17) is 4.74 Å². The Kier molecular flexibility index (Phi) is 5.74. The van der Waals surface area contributed by atoms with Gasteiger partial charge in [-0.2, -0.15) is 26.3 Å². The maximum Gasteiger partial charge on any atom is 0.416 e. The molecular formula is C15H16F7NO. The second kappa shape index (κ2) is 7.26. The molecule has 0 N–H and O–H groups in total. The quantitative estimate of drug-likeness (QED) is 0.750. The molecule has 136 valence electrons. The van der Waals surface area contributed by atoms with E-state index in [2.05, 4.69) is 0 Å². The highest BCUT2D eigenvalue weighted by atomic mass is 19.4. The molecule has 0 atom stereocenters. The highest BCUT2D eigenvalue weighted by Crippen LogP contribution is 2.38. The molecule has 9 heteroatoms. The van der Waals surface area contributed by atoms with Crippen LogP contribution in [0.15, 0.2) is 12.1 Å². The fraction of sp³-hybridized carbons (Fsp3) is 0.600. The number of alkyl halides is 6. The first-order valence-electron chi connectivity index (χ1n) is 7.36. The van der Waals surface area contributed by atoms with Crippen molar-refractivity contribution in [1.29, 1.82) is 0 Å². The topological polar surface area (TPSA) is 12.5 Å². The molecule has 2 rings (SSSR count). The summed E-state index contributed by atoms with van der Waals surface area (Å²) < 4.78 is 95.9. The lowest BCUT2D eigenvalue weighted by Gasteiger charge is -2.26. The van der Waals surface area contributed by atoms with Crippen molar-refractivity contribution in [2.75, 3.05) is 32.8 Å². The fourth-order valence-corrected chi connectivity index (χ4v) is 2.61. The molecule has 0 radical (unpaired) electrons. The molecule has 1 aliphatic rings. The van der Waals surface area contributed by atoms with Crippen LogP contribution in [0.25, 0.3) is 0 Å². The van der Waals surface area contributed by atoms with Gasteiger partial charge in [-0.1, -0.05) is 0 Å². The summed E-state index contributed by atoms with van der Waals surface area (Å²) in [6.45, 7) is 2.72. The third-order valence-electron chi connectivity index (χ3n) is 3.83. The maximum atomic E-state index is 13.9. The lowest BCUT2D eigenvalue weighted by Crippen LogP contribution is -2.37. The summed E-state index contributed by atoms with van der Waals surface area (Å²) in [7, 11) is 0. The average molecular weight is 359 g/mol. The van der Waals surface area contributed by atoms with Crippen LogP contribution in [0.1, 0.15) is 23.1 Å². The summed E-state index contributed by atoms with van der Waals surface area (Å²) in [5.41, 5.74) is -3.91. The zero-order valence-corrected chi connectivity index (χ0v) is 12.6. The molecule has 1 aliphatic heterocycles. The van der Waals surface area contributed by atoms with E-state index < -0.39 is 34.9 Å². The van der Waals surface area contributed by atoms with Crippen molar-refractivity contribution < 1.29 is 35.5 Å². The molecule has 0 bridgehead atoms. The lowest BCUT2D eigenvalue weighted by molar-refractivity contribution is -0.143. The second-order valence-corrected chi connectivity index (χ2v) is 5.54. The first kappa shape index (κ1) is 19.0. The van der Waals surface area contributed by atoms with Gasteiger partial charge in [0.15, 0.2) is 0 Å². The van der Waals surface area contributed by atoms with Gasteiger partial charge in [-0.05, 0) is 31.5 Å². The molecule has 1 heterocycles. The monoisotopic (exact) mass is 359 g/mol. The Labute approximate surface area is 134 Å². The fourth-order valence-electron chi connectivity index (χ4n) is 2.61. The van der Waals surface area contributed by atoms with Crippen LogP contribution < -0.4 is 0 Å². The van der Waals surface area contributed by atoms with Gasteiger partial charge in [0.05, 0.1) is 24.3 Å². The molecule has 0 saturated carbocycles. The van der Waals surface area contributed by atoms with Gasteiger partial charge in [0.1, 0.15) is 5.82 Å². The van der Waals surface area contributed by atoms with Crippen molar-refractivity contribution in [3.63, 3.8) is 0 Å². The van der Waals surface area contributed by atoms with Gasteiger partial charge in [-0.15, -0.1) is 0 Å². The van der Waals surface area contributed by atoms with Crippen LogP contribution in [0.4, 0.5) is 30.7 Å². The van der Waals surface area contributed by atoms with Gasteiger partial charge in [-0.3, -0.25) is 4.90 Å². The van der Waals surface area contributed by atoms with Crippen LogP contribution >= 0.6 is 0 Å². The van der Waals surface area contributed by atoms with Gasteiger partial charge in [0.25, 0.3) is 0 Å². The zero-order valence-electron chi connectivity index (χ0n) is 12.6. The van der Waals surface area contributed by atoms with Gasteiger partial charge in [0.2, 0.25) is 0 Å². The standard InChI is InChI=1S/C15H16F7NO/c16-13-9-10(14(17,18)19)8-12(15(20,21)22)11(13)2-1-3-23-4-6-24-7-5-23/h8-9H,1-7H2. The number of morpholine rings is 1. The Balaban J connectivity index is 2.18. The Morgan fingerprint density at radius 1 is 0.958 bits per heavy atom. The minimum Gasteiger partial charge on any atom is -0.379 e. The number of nitrogens with zero attached hydrogens (tertiary/aromatic N) is 1. The Bertz CT molecular complexity index is 562. The predicted molar refractivity (Wildman–Crippen MR) is 72.0 cm³/mol. The van der Waals surface area contributed by atoms with E-state index in [1.165, 1.54) is 0 Å². The summed E-state index contributed by atoms with van der Waals surface area (Å²) in [5.74, 6) is -1.47. The zero-order chi connectivity index (χ0) is 18.0. The molecular weight excluding hydrogens is 343 g/mol. The van der Waals surface area contributed by atoms with Crippen LogP contribution in [-0.4, -0.2) is 37.7 Å². The van der Waals surface area contributed by atoms with Crippen LogP contribution in [-0.2, 0) is 23.5 Å². The summed E-state index contributed by atoms with van der Waals surface area (Å²) in [4.78, 5) is 1.96. The first-order chi connectivity index (χ1) is 11.1. The molecule has 1 aromatic rings. The van der Waals surface area contributed by atoms with E-state index in [1.807, 2.05) is 4.90 Å². The maximum absolute atomic E-state index is 13.9. The largest absolute Gasteiger partial charge is 0.416 e. The number of halogens is 7. The number of ether oxygens (including phenoxy) is 1. The van der Waals surface area contributed by atoms with Gasteiger partial charge < -0.3 is 4.74 Å². The first-order valence-corrected chi connectivity index (χ1v) is 7.36. The van der Waals surface area contributed by atoms with Crippen LogP contribution in [0, 0.1) is 5.82 Å². The predicted octanol–water partition coefficient (Wildman–Crippen LogP) is 4.13. The summed E-state index contributed by atoms with van der Waals surface area (Å²) in [6, 6.07) is 0.104. The third-order valence-corrected chi connectivity index (χ3v) is 3.83. The Morgan fingerprint density at radius 2 is 1.58 bits per heavy atom. The normalized spacial score (nSPS) is 17.3. The van der Waals surface area contributed by atoms with E-state index in [0.29, 0.717) is 32.8 Å². The molecule has 0 amide bonds. The van der Waals surface area contributed by atoms with Crippen molar-refractivity contribution in [2.24, 2.45) is 0 Å². The van der Waals surface area contributed by atoms with Crippen LogP contribution in [0.5, 0.6) is 0 Å². The smallest absolute Gasteiger partial charge is 0.379 e. The van der Waals surface area contributed by atoms with Crippen molar-refractivity contribution in [2.45, 2.75) is 25.2 Å². The molecule has 2 nitrogen and oxygen atoms in total. The van der Waals surface area contributed by atoms with Gasteiger partial charge in [-0.25, -0.2) is 4.39 Å². The molecule has 0 spiro atoms. The minimum absolute atomic E-state index is 0.0207. The average Bonchev–Trinajstić information content (AvgIpc) is 2.47. The van der Waals surface area contributed by atoms with E-state index in [0.717, 1.165) is 0 Å². The van der Waals surface area contributed by atoms with E-state index in [9.17, 15) is 30.7 Å². The SMILES string of the molecule is Fc1cc(C(F)(F)F)cc(C(F)(F)F)c1CCCN1CCOCC1. The van der Waals surface area contributed by atoms with Gasteiger partial charge >= 0.3 is 12.4 Å².